The number of hydrogen-bond donors (Lipinski definition) is 2. The van der Waals surface area contributed by atoms with E-state index in [0.717, 1.165) is 13.2 Å². The van der Waals surface area contributed by atoms with Gasteiger partial charge >= 0.3 is 6.16 Å². The van der Waals surface area contributed by atoms with Crippen molar-refractivity contribution in [3.8, 4) is 0 Å². The first kappa shape index (κ1) is 17.3. The van der Waals surface area contributed by atoms with Gasteiger partial charge in [-0.15, -0.1) is 0 Å². The van der Waals surface area contributed by atoms with Gasteiger partial charge in [-0.3, -0.25) is 24.7 Å². The molecule has 0 saturated carbocycles. The van der Waals surface area contributed by atoms with E-state index < -0.39 is 29.5 Å². The van der Waals surface area contributed by atoms with Crippen molar-refractivity contribution in [2.24, 2.45) is 5.41 Å². The Kier molecular flexibility index (Phi) is 5.39. The van der Waals surface area contributed by atoms with Gasteiger partial charge in [-0.25, -0.2) is 9.78 Å². The number of amides is 1. The zero-order chi connectivity index (χ0) is 16.9. The summed E-state index contributed by atoms with van der Waals surface area (Å²) in [6, 6.07) is 0.940. The van der Waals surface area contributed by atoms with Crippen molar-refractivity contribution in [3.05, 3.63) is 22.1 Å². The van der Waals surface area contributed by atoms with Gasteiger partial charge in [-0.1, -0.05) is 20.8 Å². The standard InChI is InChI=1S/C13H17N3O6/c1-13(2,3)10(19)16-11-14-7(5-9(18)15-11)8(17)6-22-12(20)21-4/h5H,6H2,1-4H3,(H2,14,15,16,18,19). The molecule has 1 aromatic rings. The van der Waals surface area contributed by atoms with Crippen LogP contribution in [0.15, 0.2) is 10.9 Å². The van der Waals surface area contributed by atoms with Crippen LogP contribution in [0.25, 0.3) is 0 Å². The lowest BCUT2D eigenvalue weighted by Crippen LogP contribution is -2.30. The van der Waals surface area contributed by atoms with Crippen LogP contribution in [0.4, 0.5) is 10.7 Å². The summed E-state index contributed by atoms with van der Waals surface area (Å²) >= 11 is 0. The number of ether oxygens (including phenoxy) is 2. The number of hydrogen-bond acceptors (Lipinski definition) is 7. The molecule has 1 aromatic heterocycles. The fraction of sp³-hybridized carbons (Fsp3) is 0.462. The van der Waals surface area contributed by atoms with Crippen LogP contribution < -0.4 is 10.9 Å². The minimum absolute atomic E-state index is 0.158. The van der Waals surface area contributed by atoms with E-state index in [4.69, 9.17) is 0 Å². The normalized spacial score (nSPS) is 10.7. The fourth-order valence-electron chi connectivity index (χ4n) is 1.21. The van der Waals surface area contributed by atoms with Crippen molar-refractivity contribution in [1.82, 2.24) is 9.97 Å². The topological polar surface area (TPSA) is 127 Å². The second-order valence-corrected chi connectivity index (χ2v) is 5.35. The molecule has 0 radical (unpaired) electrons. The molecule has 0 aliphatic rings. The zero-order valence-corrected chi connectivity index (χ0v) is 12.7. The molecule has 9 nitrogen and oxygen atoms in total. The van der Waals surface area contributed by atoms with Crippen LogP contribution in [-0.4, -0.2) is 41.5 Å². The first-order chi connectivity index (χ1) is 10.1. The molecule has 120 valence electrons. The van der Waals surface area contributed by atoms with Gasteiger partial charge in [0, 0.05) is 11.5 Å². The molecule has 0 aliphatic carbocycles. The monoisotopic (exact) mass is 311 g/mol. The third kappa shape index (κ3) is 5.00. The van der Waals surface area contributed by atoms with E-state index in [2.05, 4.69) is 24.8 Å². The smallest absolute Gasteiger partial charge is 0.438 e. The molecule has 0 saturated heterocycles. The number of aromatic nitrogens is 2. The minimum atomic E-state index is -1.03. The van der Waals surface area contributed by atoms with E-state index in [1.807, 2.05) is 0 Å². The maximum Gasteiger partial charge on any atom is 0.508 e. The number of rotatable bonds is 4. The van der Waals surface area contributed by atoms with Gasteiger partial charge in [0.15, 0.2) is 6.61 Å². The Balaban J connectivity index is 2.90. The molecule has 0 unspecified atom stereocenters. The summed E-state index contributed by atoms with van der Waals surface area (Å²) in [6.07, 6.45) is -1.03. The van der Waals surface area contributed by atoms with E-state index in [1.165, 1.54) is 0 Å². The molecule has 0 bridgehead atoms. The highest BCUT2D eigenvalue weighted by atomic mass is 16.7. The van der Waals surface area contributed by atoms with Crippen LogP contribution in [0.1, 0.15) is 31.3 Å². The lowest BCUT2D eigenvalue weighted by molar-refractivity contribution is -0.123. The SMILES string of the molecule is COC(=O)OCC(=O)c1cc(=O)[nH]c(NC(=O)C(C)(C)C)n1. The molecule has 0 aromatic carbocycles. The number of carbonyl (C=O) groups excluding carboxylic acids is 3. The third-order valence-electron chi connectivity index (χ3n) is 2.43. The molecule has 0 atom stereocenters. The second kappa shape index (κ2) is 6.83. The van der Waals surface area contributed by atoms with Gasteiger partial charge in [-0.2, -0.15) is 0 Å². The quantitative estimate of drug-likeness (QED) is 0.619. The zero-order valence-electron chi connectivity index (χ0n) is 12.7. The lowest BCUT2D eigenvalue weighted by Gasteiger charge is -2.16. The Morgan fingerprint density at radius 3 is 2.50 bits per heavy atom. The molecular weight excluding hydrogens is 294 g/mol. The van der Waals surface area contributed by atoms with E-state index >= 15 is 0 Å². The predicted molar refractivity (Wildman–Crippen MR) is 75.6 cm³/mol. The maximum absolute atomic E-state index is 11.8. The van der Waals surface area contributed by atoms with E-state index in [-0.39, 0.29) is 17.5 Å². The highest BCUT2D eigenvalue weighted by Crippen LogP contribution is 2.15. The van der Waals surface area contributed by atoms with Crippen LogP contribution in [-0.2, 0) is 14.3 Å². The number of carbonyl (C=O) groups is 3. The first-order valence-corrected chi connectivity index (χ1v) is 6.30. The van der Waals surface area contributed by atoms with Crippen LogP contribution in [0.3, 0.4) is 0 Å². The summed E-state index contributed by atoms with van der Waals surface area (Å²) < 4.78 is 8.69. The van der Waals surface area contributed by atoms with Gasteiger partial charge in [0.25, 0.3) is 5.56 Å². The average molecular weight is 311 g/mol. The summed E-state index contributed by atoms with van der Waals surface area (Å²) in [5.74, 6) is -1.25. The molecule has 2 N–H and O–H groups in total. The van der Waals surface area contributed by atoms with E-state index in [0.29, 0.717) is 0 Å². The minimum Gasteiger partial charge on any atom is -0.438 e. The van der Waals surface area contributed by atoms with E-state index in [9.17, 15) is 19.2 Å². The van der Waals surface area contributed by atoms with Crippen molar-refractivity contribution in [3.63, 3.8) is 0 Å². The van der Waals surface area contributed by atoms with Gasteiger partial charge in [0.2, 0.25) is 17.6 Å². The molecule has 9 heteroatoms. The largest absolute Gasteiger partial charge is 0.508 e. The molecule has 1 heterocycles. The molecule has 1 rings (SSSR count). The van der Waals surface area contributed by atoms with Crippen LogP contribution >= 0.6 is 0 Å². The highest BCUT2D eigenvalue weighted by Gasteiger charge is 2.22. The van der Waals surface area contributed by atoms with Gasteiger partial charge in [-0.05, 0) is 0 Å². The van der Waals surface area contributed by atoms with Crippen molar-refractivity contribution < 1.29 is 23.9 Å². The Morgan fingerprint density at radius 2 is 1.95 bits per heavy atom. The summed E-state index contributed by atoms with van der Waals surface area (Å²) in [6.45, 7) is 4.41. The number of anilines is 1. The molecular formula is C13H17N3O6. The third-order valence-corrected chi connectivity index (χ3v) is 2.43. The molecule has 0 spiro atoms. The molecule has 1 amide bonds. The first-order valence-electron chi connectivity index (χ1n) is 6.30. The summed E-state index contributed by atoms with van der Waals surface area (Å²) in [5, 5.41) is 2.40. The molecule has 22 heavy (non-hydrogen) atoms. The van der Waals surface area contributed by atoms with Gasteiger partial charge in [0.05, 0.1) is 7.11 Å². The number of methoxy groups -OCH3 is 1. The van der Waals surface area contributed by atoms with Crippen LogP contribution in [0, 0.1) is 5.41 Å². The Bertz CT molecular complexity index is 644. The van der Waals surface area contributed by atoms with Gasteiger partial charge in [0.1, 0.15) is 5.69 Å². The number of aromatic amines is 1. The number of ketones is 1. The Morgan fingerprint density at radius 1 is 1.32 bits per heavy atom. The van der Waals surface area contributed by atoms with Crippen molar-refractivity contribution >= 4 is 23.8 Å². The van der Waals surface area contributed by atoms with Crippen molar-refractivity contribution in [2.45, 2.75) is 20.8 Å². The Hall–Kier alpha value is -2.71. The van der Waals surface area contributed by atoms with Crippen LogP contribution in [0.2, 0.25) is 0 Å². The van der Waals surface area contributed by atoms with E-state index in [1.54, 1.807) is 20.8 Å². The fourth-order valence-corrected chi connectivity index (χ4v) is 1.21. The Labute approximate surface area is 126 Å². The summed E-state index contributed by atoms with van der Waals surface area (Å²) in [7, 11) is 1.10. The van der Waals surface area contributed by atoms with Gasteiger partial charge < -0.3 is 9.47 Å². The summed E-state index contributed by atoms with van der Waals surface area (Å²) in [5.41, 5.74) is -1.57. The van der Waals surface area contributed by atoms with Crippen molar-refractivity contribution in [1.29, 1.82) is 0 Å². The molecule has 0 aliphatic heterocycles. The molecule has 0 fully saturated rings. The average Bonchev–Trinajstić information content (AvgIpc) is 2.42. The van der Waals surface area contributed by atoms with Crippen LogP contribution in [0.5, 0.6) is 0 Å². The number of Topliss-reactive ketones (excluding diaryl/α,β-unsaturated/α-hetero) is 1. The number of nitrogens with one attached hydrogen (secondary N) is 2. The second-order valence-electron chi connectivity index (χ2n) is 5.35. The lowest BCUT2D eigenvalue weighted by atomic mass is 9.96. The number of H-pyrrole nitrogens is 1. The predicted octanol–water partition coefficient (Wildman–Crippen LogP) is 0.720. The number of nitrogens with zero attached hydrogens (tertiary/aromatic N) is 1. The highest BCUT2D eigenvalue weighted by molar-refractivity contribution is 5.97. The maximum atomic E-state index is 11.8. The summed E-state index contributed by atoms with van der Waals surface area (Å²) in [4.78, 5) is 52.1. The van der Waals surface area contributed by atoms with Crippen molar-refractivity contribution in [2.75, 3.05) is 19.0 Å².